The topological polar surface area (TPSA) is 45.5 Å². The van der Waals surface area contributed by atoms with E-state index in [0.29, 0.717) is 16.5 Å². The number of amides is 1. The molecule has 2 heterocycles. The molecule has 0 aliphatic carbocycles. The maximum atomic E-state index is 12.4. The number of hydrogen-bond donors (Lipinski definition) is 1. The summed E-state index contributed by atoms with van der Waals surface area (Å²) in [6.45, 7) is 4.69. The Morgan fingerprint density at radius 3 is 2.95 bits per heavy atom. The van der Waals surface area contributed by atoms with Gasteiger partial charge in [-0.05, 0) is 53.9 Å². The number of piperidine rings is 1. The van der Waals surface area contributed by atoms with Crippen molar-refractivity contribution >= 4 is 21.8 Å². The van der Waals surface area contributed by atoms with Crippen LogP contribution in [0.2, 0.25) is 0 Å². The van der Waals surface area contributed by atoms with Gasteiger partial charge in [0.15, 0.2) is 10.4 Å². The van der Waals surface area contributed by atoms with Crippen LogP contribution in [0.4, 0.5) is 0 Å². The molecule has 2 rings (SSSR count). The highest BCUT2D eigenvalue weighted by Gasteiger charge is 2.22. The summed E-state index contributed by atoms with van der Waals surface area (Å²) < 4.78 is 5.97. The van der Waals surface area contributed by atoms with Crippen LogP contribution < -0.4 is 5.32 Å². The molecule has 0 saturated carbocycles. The summed E-state index contributed by atoms with van der Waals surface area (Å²) >= 11 is 3.24. The number of carbonyl (C=O) groups is 1. The first-order valence-corrected chi connectivity index (χ1v) is 7.78. The van der Waals surface area contributed by atoms with Crippen molar-refractivity contribution in [2.24, 2.45) is 0 Å². The summed E-state index contributed by atoms with van der Waals surface area (Å²) in [4.78, 5) is 14.3. The van der Waals surface area contributed by atoms with Gasteiger partial charge in [0.1, 0.15) is 0 Å². The van der Waals surface area contributed by atoms with Gasteiger partial charge in [0.25, 0.3) is 5.91 Å². The second-order valence-electron chi connectivity index (χ2n) is 5.00. The van der Waals surface area contributed by atoms with Crippen molar-refractivity contribution in [1.29, 1.82) is 0 Å². The normalized spacial score (nSPS) is 19.4. The zero-order valence-corrected chi connectivity index (χ0v) is 12.9. The average molecular weight is 329 g/mol. The predicted molar refractivity (Wildman–Crippen MR) is 78.2 cm³/mol. The lowest BCUT2D eigenvalue weighted by molar-refractivity contribution is 0.0698. The summed E-state index contributed by atoms with van der Waals surface area (Å²) in [5.74, 6) is 0.399. The third-order valence-electron chi connectivity index (χ3n) is 3.42. The quantitative estimate of drug-likeness (QED) is 0.903. The Hall–Kier alpha value is -0.810. The van der Waals surface area contributed by atoms with Gasteiger partial charge in [-0.1, -0.05) is 13.3 Å². The van der Waals surface area contributed by atoms with E-state index in [-0.39, 0.29) is 5.91 Å². The van der Waals surface area contributed by atoms with E-state index in [9.17, 15) is 4.79 Å². The standard InChI is InChI=1S/C14H21BrN2O2/c1-2-9-17(10-11-5-3-4-8-16-11)14(18)12-6-7-13(15)19-12/h6-7,11,16H,2-5,8-10H2,1H3. The third kappa shape index (κ3) is 4.08. The zero-order chi connectivity index (χ0) is 13.7. The zero-order valence-electron chi connectivity index (χ0n) is 11.3. The molecule has 1 aliphatic rings. The van der Waals surface area contributed by atoms with Gasteiger partial charge in [0, 0.05) is 19.1 Å². The maximum Gasteiger partial charge on any atom is 0.289 e. The first kappa shape index (κ1) is 14.6. The third-order valence-corrected chi connectivity index (χ3v) is 3.84. The lowest BCUT2D eigenvalue weighted by Gasteiger charge is -2.30. The number of hydrogen-bond acceptors (Lipinski definition) is 3. The monoisotopic (exact) mass is 328 g/mol. The van der Waals surface area contributed by atoms with Gasteiger partial charge in [-0.2, -0.15) is 0 Å². The van der Waals surface area contributed by atoms with E-state index >= 15 is 0 Å². The molecular weight excluding hydrogens is 308 g/mol. The summed E-state index contributed by atoms with van der Waals surface area (Å²) in [5, 5.41) is 3.49. The molecule has 0 radical (unpaired) electrons. The van der Waals surface area contributed by atoms with E-state index < -0.39 is 0 Å². The van der Waals surface area contributed by atoms with Gasteiger partial charge in [0.05, 0.1) is 0 Å². The molecular formula is C14H21BrN2O2. The molecule has 1 saturated heterocycles. The fourth-order valence-corrected chi connectivity index (χ4v) is 2.78. The summed E-state index contributed by atoms with van der Waals surface area (Å²) in [5.41, 5.74) is 0. The lowest BCUT2D eigenvalue weighted by atomic mass is 10.0. The lowest BCUT2D eigenvalue weighted by Crippen LogP contribution is -2.46. The van der Waals surface area contributed by atoms with Crippen LogP contribution in [0.25, 0.3) is 0 Å². The molecule has 1 aromatic heterocycles. The van der Waals surface area contributed by atoms with Crippen LogP contribution >= 0.6 is 15.9 Å². The molecule has 1 amide bonds. The minimum atomic E-state index is -0.0140. The molecule has 1 aromatic rings. The average Bonchev–Trinajstić information content (AvgIpc) is 2.85. The molecule has 0 aromatic carbocycles. The van der Waals surface area contributed by atoms with Crippen LogP contribution in [0.1, 0.15) is 43.2 Å². The van der Waals surface area contributed by atoms with E-state index in [1.54, 1.807) is 12.1 Å². The Labute approximate surface area is 122 Å². The van der Waals surface area contributed by atoms with E-state index in [4.69, 9.17) is 4.42 Å². The predicted octanol–water partition coefficient (Wildman–Crippen LogP) is 3.04. The highest BCUT2D eigenvalue weighted by atomic mass is 79.9. The van der Waals surface area contributed by atoms with Gasteiger partial charge in [-0.25, -0.2) is 0 Å². The fourth-order valence-electron chi connectivity index (χ4n) is 2.48. The Morgan fingerprint density at radius 1 is 1.53 bits per heavy atom. The van der Waals surface area contributed by atoms with Crippen molar-refractivity contribution in [1.82, 2.24) is 10.2 Å². The number of furan rings is 1. The number of halogens is 1. The molecule has 106 valence electrons. The molecule has 0 bridgehead atoms. The van der Waals surface area contributed by atoms with Gasteiger partial charge in [-0.3, -0.25) is 4.79 Å². The summed E-state index contributed by atoms with van der Waals surface area (Å²) in [6.07, 6.45) is 4.59. The van der Waals surface area contributed by atoms with E-state index in [1.807, 2.05) is 4.90 Å². The van der Waals surface area contributed by atoms with Gasteiger partial charge in [0.2, 0.25) is 0 Å². The van der Waals surface area contributed by atoms with Crippen molar-refractivity contribution in [2.75, 3.05) is 19.6 Å². The van der Waals surface area contributed by atoms with Gasteiger partial charge in [-0.15, -0.1) is 0 Å². The molecule has 19 heavy (non-hydrogen) atoms. The van der Waals surface area contributed by atoms with Crippen LogP contribution in [0, 0.1) is 0 Å². The number of nitrogens with zero attached hydrogens (tertiary/aromatic N) is 1. The van der Waals surface area contributed by atoms with Crippen LogP contribution in [-0.4, -0.2) is 36.5 Å². The Kier molecular flexibility index (Phi) is 5.45. The fraction of sp³-hybridized carbons (Fsp3) is 0.643. The Balaban J connectivity index is 1.99. The number of rotatable bonds is 5. The molecule has 4 nitrogen and oxygen atoms in total. The molecule has 1 atom stereocenters. The van der Waals surface area contributed by atoms with Crippen LogP contribution in [-0.2, 0) is 0 Å². The second kappa shape index (κ2) is 7.10. The van der Waals surface area contributed by atoms with E-state index in [1.165, 1.54) is 12.8 Å². The highest BCUT2D eigenvalue weighted by molar-refractivity contribution is 9.10. The van der Waals surface area contributed by atoms with E-state index in [2.05, 4.69) is 28.2 Å². The van der Waals surface area contributed by atoms with Gasteiger partial charge < -0.3 is 14.6 Å². The van der Waals surface area contributed by atoms with Gasteiger partial charge >= 0.3 is 0 Å². The number of carbonyl (C=O) groups excluding carboxylic acids is 1. The van der Waals surface area contributed by atoms with Crippen molar-refractivity contribution in [3.63, 3.8) is 0 Å². The van der Waals surface area contributed by atoms with Crippen molar-refractivity contribution in [3.05, 3.63) is 22.6 Å². The Bertz CT molecular complexity index is 413. The first-order valence-electron chi connectivity index (χ1n) is 6.98. The first-order chi connectivity index (χ1) is 9.20. The second-order valence-corrected chi connectivity index (χ2v) is 5.78. The Morgan fingerprint density at radius 2 is 2.37 bits per heavy atom. The largest absolute Gasteiger partial charge is 0.444 e. The minimum Gasteiger partial charge on any atom is -0.444 e. The van der Waals surface area contributed by atoms with Crippen molar-refractivity contribution in [3.8, 4) is 0 Å². The van der Waals surface area contributed by atoms with Crippen LogP contribution in [0.3, 0.4) is 0 Å². The van der Waals surface area contributed by atoms with Crippen LogP contribution in [0.15, 0.2) is 21.2 Å². The summed E-state index contributed by atoms with van der Waals surface area (Å²) in [6, 6.07) is 3.90. The smallest absolute Gasteiger partial charge is 0.289 e. The molecule has 5 heteroatoms. The molecule has 1 unspecified atom stereocenters. The minimum absolute atomic E-state index is 0.0140. The molecule has 1 N–H and O–H groups in total. The SMILES string of the molecule is CCCN(CC1CCCCN1)C(=O)c1ccc(Br)o1. The number of nitrogens with one attached hydrogen (secondary N) is 1. The maximum absolute atomic E-state index is 12.4. The molecule has 0 spiro atoms. The summed E-state index contributed by atoms with van der Waals surface area (Å²) in [7, 11) is 0. The molecule has 1 aliphatic heterocycles. The van der Waals surface area contributed by atoms with Crippen molar-refractivity contribution in [2.45, 2.75) is 38.6 Å². The molecule has 1 fully saturated rings. The van der Waals surface area contributed by atoms with E-state index in [0.717, 1.165) is 32.5 Å². The van der Waals surface area contributed by atoms with Crippen molar-refractivity contribution < 1.29 is 9.21 Å². The highest BCUT2D eigenvalue weighted by Crippen LogP contribution is 2.17. The van der Waals surface area contributed by atoms with Crippen LogP contribution in [0.5, 0.6) is 0 Å².